The highest BCUT2D eigenvalue weighted by Crippen LogP contribution is 2.22. The fourth-order valence-electron chi connectivity index (χ4n) is 2.17. The summed E-state index contributed by atoms with van der Waals surface area (Å²) in [7, 11) is -2.85. The summed E-state index contributed by atoms with van der Waals surface area (Å²) < 4.78 is 23.1. The van der Waals surface area contributed by atoms with Gasteiger partial charge in [0.2, 0.25) is 0 Å². The molecule has 0 aromatic heterocycles. The van der Waals surface area contributed by atoms with E-state index in [2.05, 4.69) is 4.90 Å². The van der Waals surface area contributed by atoms with Crippen molar-refractivity contribution >= 4 is 21.2 Å². The number of benzene rings is 1. The Labute approximate surface area is 102 Å². The smallest absolute Gasteiger partial charge is 0.152 e. The van der Waals surface area contributed by atoms with Crippen LogP contribution in [-0.4, -0.2) is 33.0 Å². The molecule has 0 aliphatic carbocycles. The molecule has 17 heavy (non-hydrogen) atoms. The van der Waals surface area contributed by atoms with Gasteiger partial charge in [-0.25, -0.2) is 8.42 Å². The van der Waals surface area contributed by atoms with Crippen molar-refractivity contribution in [2.45, 2.75) is 13.3 Å². The highest BCUT2D eigenvalue weighted by Gasteiger charge is 2.19. The summed E-state index contributed by atoms with van der Waals surface area (Å²) in [4.78, 5) is 2.11. The molecular formula is C12H18N2O2S. The quantitative estimate of drug-likeness (QED) is 0.765. The van der Waals surface area contributed by atoms with Crippen molar-refractivity contribution in [1.29, 1.82) is 0 Å². The Morgan fingerprint density at radius 3 is 2.65 bits per heavy atom. The molecule has 0 amide bonds. The van der Waals surface area contributed by atoms with Gasteiger partial charge in [-0.1, -0.05) is 0 Å². The third kappa shape index (κ3) is 3.12. The Kier molecular flexibility index (Phi) is 3.28. The molecule has 0 unspecified atom stereocenters. The Hall–Kier alpha value is -1.23. The van der Waals surface area contributed by atoms with Gasteiger partial charge in [-0.2, -0.15) is 0 Å². The maximum atomic E-state index is 11.5. The fourth-order valence-corrected chi connectivity index (χ4v) is 3.44. The summed E-state index contributed by atoms with van der Waals surface area (Å²) in [5.74, 6) is 0.533. The van der Waals surface area contributed by atoms with Gasteiger partial charge in [-0.3, -0.25) is 0 Å². The summed E-state index contributed by atoms with van der Waals surface area (Å²) in [5.41, 5.74) is 8.67. The van der Waals surface area contributed by atoms with Gasteiger partial charge in [0.25, 0.3) is 0 Å². The van der Waals surface area contributed by atoms with E-state index < -0.39 is 9.84 Å². The van der Waals surface area contributed by atoms with Crippen LogP contribution in [0.15, 0.2) is 18.2 Å². The second kappa shape index (κ2) is 4.56. The third-order valence-corrected chi connectivity index (χ3v) is 4.72. The molecule has 1 saturated heterocycles. The lowest BCUT2D eigenvalue weighted by atomic mass is 10.2. The highest BCUT2D eigenvalue weighted by atomic mass is 32.2. The van der Waals surface area contributed by atoms with Crippen molar-refractivity contribution < 1.29 is 8.42 Å². The van der Waals surface area contributed by atoms with Crippen LogP contribution in [0, 0.1) is 6.92 Å². The minimum atomic E-state index is -2.85. The zero-order chi connectivity index (χ0) is 12.5. The van der Waals surface area contributed by atoms with Crippen molar-refractivity contribution in [3.05, 3.63) is 23.8 Å². The van der Waals surface area contributed by atoms with Crippen LogP contribution < -0.4 is 10.6 Å². The van der Waals surface area contributed by atoms with Crippen LogP contribution in [0.2, 0.25) is 0 Å². The average molecular weight is 254 g/mol. The van der Waals surface area contributed by atoms with E-state index in [9.17, 15) is 8.42 Å². The van der Waals surface area contributed by atoms with Gasteiger partial charge >= 0.3 is 0 Å². The minimum absolute atomic E-state index is 0.237. The maximum Gasteiger partial charge on any atom is 0.152 e. The number of aryl methyl sites for hydroxylation is 1. The van der Waals surface area contributed by atoms with E-state index in [1.54, 1.807) is 0 Å². The van der Waals surface area contributed by atoms with Gasteiger partial charge < -0.3 is 10.6 Å². The first kappa shape index (κ1) is 12.2. The minimum Gasteiger partial charge on any atom is -0.399 e. The van der Waals surface area contributed by atoms with Crippen LogP contribution in [0.1, 0.15) is 12.0 Å². The normalized spacial score (nSPS) is 19.9. The average Bonchev–Trinajstić information content (AvgIpc) is 2.38. The van der Waals surface area contributed by atoms with Crippen LogP contribution in [0.3, 0.4) is 0 Å². The van der Waals surface area contributed by atoms with Crippen LogP contribution in [0.25, 0.3) is 0 Å². The number of hydrogen-bond donors (Lipinski definition) is 1. The number of nitrogens with zero attached hydrogens (tertiary/aromatic N) is 1. The van der Waals surface area contributed by atoms with Crippen LogP contribution in [0.5, 0.6) is 0 Å². The highest BCUT2D eigenvalue weighted by molar-refractivity contribution is 7.91. The molecule has 0 atom stereocenters. The molecule has 1 fully saturated rings. The summed E-state index contributed by atoms with van der Waals surface area (Å²) in [6.07, 6.45) is 0.691. The van der Waals surface area contributed by atoms with E-state index in [1.165, 1.54) is 0 Å². The maximum absolute atomic E-state index is 11.5. The number of hydrogen-bond acceptors (Lipinski definition) is 4. The van der Waals surface area contributed by atoms with E-state index in [-0.39, 0.29) is 5.75 Å². The lowest BCUT2D eigenvalue weighted by Gasteiger charge is -2.22. The van der Waals surface area contributed by atoms with Crippen molar-refractivity contribution in [2.24, 2.45) is 0 Å². The van der Waals surface area contributed by atoms with Gasteiger partial charge in [-0.15, -0.1) is 0 Å². The fraction of sp³-hybridized carbons (Fsp3) is 0.500. The van der Waals surface area contributed by atoms with Gasteiger partial charge in [0.15, 0.2) is 9.84 Å². The molecule has 1 aromatic rings. The van der Waals surface area contributed by atoms with Gasteiger partial charge in [0, 0.05) is 24.5 Å². The molecule has 1 aromatic carbocycles. The van der Waals surface area contributed by atoms with Crippen LogP contribution in [0.4, 0.5) is 11.4 Å². The summed E-state index contributed by atoms with van der Waals surface area (Å²) in [5, 5.41) is 0. The number of sulfone groups is 1. The molecular weight excluding hydrogens is 236 g/mol. The molecule has 1 aliphatic rings. The predicted molar refractivity (Wildman–Crippen MR) is 71.1 cm³/mol. The van der Waals surface area contributed by atoms with Crippen LogP contribution in [-0.2, 0) is 9.84 Å². The lowest BCUT2D eigenvalue weighted by Crippen LogP contribution is -2.26. The first-order valence-electron chi connectivity index (χ1n) is 5.79. The summed E-state index contributed by atoms with van der Waals surface area (Å²) in [6, 6.07) is 5.87. The number of rotatable bonds is 1. The largest absolute Gasteiger partial charge is 0.399 e. The van der Waals surface area contributed by atoms with Crippen molar-refractivity contribution in [3.8, 4) is 0 Å². The predicted octanol–water partition coefficient (Wildman–Crippen LogP) is 1.20. The Morgan fingerprint density at radius 1 is 1.18 bits per heavy atom. The molecule has 1 aliphatic heterocycles. The Morgan fingerprint density at radius 2 is 1.94 bits per heavy atom. The van der Waals surface area contributed by atoms with Crippen molar-refractivity contribution in [3.63, 3.8) is 0 Å². The molecule has 0 saturated carbocycles. The second-order valence-electron chi connectivity index (χ2n) is 4.59. The van der Waals surface area contributed by atoms with Crippen LogP contribution >= 0.6 is 0 Å². The zero-order valence-electron chi connectivity index (χ0n) is 10.0. The molecule has 0 spiro atoms. The molecule has 5 heteroatoms. The van der Waals surface area contributed by atoms with Crippen molar-refractivity contribution in [1.82, 2.24) is 0 Å². The molecule has 1 heterocycles. The van der Waals surface area contributed by atoms with E-state index >= 15 is 0 Å². The molecule has 2 N–H and O–H groups in total. The van der Waals surface area contributed by atoms with Gasteiger partial charge in [0.05, 0.1) is 11.5 Å². The van der Waals surface area contributed by atoms with E-state index in [1.807, 2.05) is 25.1 Å². The Bertz CT molecular complexity index is 491. The summed E-state index contributed by atoms with van der Waals surface area (Å²) in [6.45, 7) is 3.34. The molecule has 4 nitrogen and oxygen atoms in total. The zero-order valence-corrected chi connectivity index (χ0v) is 10.8. The lowest BCUT2D eigenvalue weighted by molar-refractivity contribution is 0.597. The first-order valence-corrected chi connectivity index (χ1v) is 7.61. The second-order valence-corrected chi connectivity index (χ2v) is 6.90. The molecule has 94 valence electrons. The molecule has 0 bridgehead atoms. The topological polar surface area (TPSA) is 63.4 Å². The summed E-state index contributed by atoms with van der Waals surface area (Å²) >= 11 is 0. The van der Waals surface area contributed by atoms with Crippen molar-refractivity contribution in [2.75, 3.05) is 35.2 Å². The number of anilines is 2. The van der Waals surface area contributed by atoms with Gasteiger partial charge in [0.1, 0.15) is 0 Å². The number of nitrogen functional groups attached to an aromatic ring is 1. The third-order valence-electron chi connectivity index (χ3n) is 3.01. The van der Waals surface area contributed by atoms with E-state index in [4.69, 9.17) is 5.73 Å². The van der Waals surface area contributed by atoms with Gasteiger partial charge in [-0.05, 0) is 37.1 Å². The number of nitrogens with two attached hydrogens (primary N) is 1. The van der Waals surface area contributed by atoms with E-state index in [0.29, 0.717) is 18.7 Å². The Balaban J connectivity index is 2.22. The molecule has 0 radical (unpaired) electrons. The SMILES string of the molecule is Cc1cc(N)cc(N2CCCS(=O)(=O)CC2)c1. The molecule has 2 rings (SSSR count). The first-order chi connectivity index (χ1) is 7.96. The van der Waals surface area contributed by atoms with E-state index in [0.717, 1.165) is 23.5 Å². The standard InChI is InChI=1S/C12H18N2O2S/c1-10-7-11(13)9-12(8-10)14-3-2-5-17(15,16)6-4-14/h7-9H,2-6,13H2,1H3. The monoisotopic (exact) mass is 254 g/mol.